The molecule has 1 aliphatic heterocycles. The van der Waals surface area contributed by atoms with E-state index in [1.54, 1.807) is 4.68 Å². The van der Waals surface area contributed by atoms with Crippen LogP contribution in [0, 0.1) is 4.77 Å². The zero-order chi connectivity index (χ0) is 15.8. The number of fused-ring (bicyclic) bond motifs is 1. The van der Waals surface area contributed by atoms with Gasteiger partial charge in [0.1, 0.15) is 6.10 Å². The molecule has 3 heterocycles. The summed E-state index contributed by atoms with van der Waals surface area (Å²) in [5.41, 5.74) is 2.22. The molecule has 0 bridgehead atoms. The molecular formula is C16H17N5OS. The Morgan fingerprint density at radius 3 is 3.13 bits per heavy atom. The zero-order valence-electron chi connectivity index (χ0n) is 12.8. The first-order chi connectivity index (χ1) is 11.2. The minimum atomic E-state index is -0.0346. The molecule has 1 aliphatic rings. The molecule has 0 amide bonds. The van der Waals surface area contributed by atoms with E-state index >= 15 is 0 Å². The maximum atomic E-state index is 5.69. The van der Waals surface area contributed by atoms with Gasteiger partial charge in [0, 0.05) is 36.3 Å². The molecule has 1 unspecified atom stereocenters. The first kappa shape index (κ1) is 14.3. The van der Waals surface area contributed by atoms with Crippen LogP contribution in [0.4, 0.5) is 0 Å². The number of benzene rings is 1. The Bertz CT molecular complexity index is 929. The van der Waals surface area contributed by atoms with E-state index in [-0.39, 0.29) is 6.10 Å². The van der Waals surface area contributed by atoms with E-state index in [0.29, 0.717) is 4.77 Å². The number of aryl methyl sites for hydroxylation is 1. The topological polar surface area (TPSA) is 60.1 Å². The lowest BCUT2D eigenvalue weighted by molar-refractivity contribution is 0.102. The van der Waals surface area contributed by atoms with E-state index in [9.17, 15) is 0 Å². The highest BCUT2D eigenvalue weighted by atomic mass is 32.1. The third kappa shape index (κ3) is 2.51. The Kier molecular flexibility index (Phi) is 3.59. The number of nitrogens with zero attached hydrogens (tertiary/aromatic N) is 4. The van der Waals surface area contributed by atoms with Gasteiger partial charge in [-0.25, -0.2) is 0 Å². The molecule has 6 nitrogen and oxygen atoms in total. The van der Waals surface area contributed by atoms with Crippen LogP contribution in [0.5, 0.6) is 0 Å². The summed E-state index contributed by atoms with van der Waals surface area (Å²) in [6.07, 6.45) is 5.84. The van der Waals surface area contributed by atoms with Gasteiger partial charge in [-0.3, -0.25) is 5.10 Å². The number of rotatable bonds is 3. The first-order valence-corrected chi connectivity index (χ1v) is 8.02. The van der Waals surface area contributed by atoms with Crippen LogP contribution >= 0.6 is 12.2 Å². The number of H-pyrrole nitrogens is 1. The molecule has 118 valence electrons. The summed E-state index contributed by atoms with van der Waals surface area (Å²) in [4.78, 5) is 0. The van der Waals surface area contributed by atoms with E-state index in [4.69, 9.17) is 17.0 Å². The van der Waals surface area contributed by atoms with Gasteiger partial charge in [0.05, 0.1) is 6.21 Å². The molecule has 0 radical (unpaired) electrons. The summed E-state index contributed by atoms with van der Waals surface area (Å²) < 4.78 is 9.92. The van der Waals surface area contributed by atoms with Gasteiger partial charge in [0.25, 0.3) is 0 Å². The number of nitrogens with one attached hydrogen (secondary N) is 1. The molecule has 1 N–H and O–H groups in total. The third-order valence-electron chi connectivity index (χ3n) is 4.13. The van der Waals surface area contributed by atoms with Gasteiger partial charge in [0.2, 0.25) is 4.77 Å². The fourth-order valence-corrected chi connectivity index (χ4v) is 3.19. The second kappa shape index (κ2) is 5.75. The zero-order valence-corrected chi connectivity index (χ0v) is 13.6. The van der Waals surface area contributed by atoms with Gasteiger partial charge in [-0.05, 0) is 31.1 Å². The number of aromatic amines is 1. The van der Waals surface area contributed by atoms with Crippen molar-refractivity contribution in [3.8, 4) is 0 Å². The fourth-order valence-electron chi connectivity index (χ4n) is 3.00. The second-order valence-electron chi connectivity index (χ2n) is 5.66. The lowest BCUT2D eigenvalue weighted by Crippen LogP contribution is -2.05. The van der Waals surface area contributed by atoms with Gasteiger partial charge in [-0.15, -0.1) is 0 Å². The average Bonchev–Trinajstić information content (AvgIpc) is 3.26. The summed E-state index contributed by atoms with van der Waals surface area (Å²) in [5.74, 6) is 0.740. The molecular weight excluding hydrogens is 310 g/mol. The van der Waals surface area contributed by atoms with Crippen molar-refractivity contribution in [2.75, 3.05) is 6.61 Å². The maximum absolute atomic E-state index is 5.69. The van der Waals surface area contributed by atoms with Crippen LogP contribution in [0.3, 0.4) is 0 Å². The third-order valence-corrected chi connectivity index (χ3v) is 4.40. The molecule has 3 aromatic rings. The largest absolute Gasteiger partial charge is 0.370 e. The molecule has 1 atom stereocenters. The lowest BCUT2D eigenvalue weighted by Gasteiger charge is -2.07. The second-order valence-corrected chi connectivity index (χ2v) is 6.04. The summed E-state index contributed by atoms with van der Waals surface area (Å²) in [6.45, 7) is 0.761. The highest BCUT2D eigenvalue weighted by Crippen LogP contribution is 2.27. The van der Waals surface area contributed by atoms with Crippen LogP contribution in [0.15, 0.2) is 35.6 Å². The maximum Gasteiger partial charge on any atom is 0.216 e. The van der Waals surface area contributed by atoms with Crippen LogP contribution in [-0.4, -0.2) is 32.3 Å². The van der Waals surface area contributed by atoms with Crippen molar-refractivity contribution in [1.82, 2.24) is 19.4 Å². The lowest BCUT2D eigenvalue weighted by atomic mass is 10.2. The van der Waals surface area contributed by atoms with Crippen LogP contribution in [-0.2, 0) is 11.8 Å². The van der Waals surface area contributed by atoms with Crippen LogP contribution in [0.25, 0.3) is 10.9 Å². The van der Waals surface area contributed by atoms with Gasteiger partial charge in [-0.1, -0.05) is 18.2 Å². The molecule has 0 aliphatic carbocycles. The van der Waals surface area contributed by atoms with E-state index in [2.05, 4.69) is 38.2 Å². The van der Waals surface area contributed by atoms with Crippen molar-refractivity contribution in [1.29, 1.82) is 0 Å². The summed E-state index contributed by atoms with van der Waals surface area (Å²) >= 11 is 5.30. The quantitative estimate of drug-likeness (QED) is 0.594. The van der Waals surface area contributed by atoms with E-state index in [0.717, 1.165) is 36.2 Å². The highest BCUT2D eigenvalue weighted by molar-refractivity contribution is 7.71. The Morgan fingerprint density at radius 1 is 1.43 bits per heavy atom. The first-order valence-electron chi connectivity index (χ1n) is 7.61. The predicted octanol–water partition coefficient (Wildman–Crippen LogP) is 3.17. The van der Waals surface area contributed by atoms with Gasteiger partial charge in [0.15, 0.2) is 5.82 Å². The van der Waals surface area contributed by atoms with Crippen molar-refractivity contribution >= 4 is 29.3 Å². The van der Waals surface area contributed by atoms with Crippen LogP contribution in [0.1, 0.15) is 30.3 Å². The SMILES string of the molecule is Cn1cc(/C=N\n2c(C3CCCO3)n[nH]c2=S)c2ccccc21. The minimum absolute atomic E-state index is 0.0346. The smallest absolute Gasteiger partial charge is 0.216 e. The van der Waals surface area contributed by atoms with Crippen molar-refractivity contribution in [3.63, 3.8) is 0 Å². The number of aromatic nitrogens is 4. The molecule has 0 spiro atoms. The van der Waals surface area contributed by atoms with Gasteiger partial charge >= 0.3 is 0 Å². The van der Waals surface area contributed by atoms with Crippen LogP contribution in [0.2, 0.25) is 0 Å². The summed E-state index contributed by atoms with van der Waals surface area (Å²) in [5, 5.41) is 12.8. The van der Waals surface area contributed by atoms with Crippen molar-refractivity contribution in [2.24, 2.45) is 12.1 Å². The Morgan fingerprint density at radius 2 is 2.30 bits per heavy atom. The molecule has 1 aromatic carbocycles. The fraction of sp³-hybridized carbons (Fsp3) is 0.312. The van der Waals surface area contributed by atoms with Crippen molar-refractivity contribution in [3.05, 3.63) is 46.6 Å². The number of hydrogen-bond acceptors (Lipinski definition) is 4. The van der Waals surface area contributed by atoms with Crippen LogP contribution < -0.4 is 0 Å². The molecule has 7 heteroatoms. The van der Waals surface area contributed by atoms with E-state index in [1.165, 1.54) is 5.52 Å². The summed E-state index contributed by atoms with van der Waals surface area (Å²) in [6, 6.07) is 8.24. The van der Waals surface area contributed by atoms with E-state index in [1.807, 2.05) is 25.4 Å². The molecule has 0 saturated carbocycles. The minimum Gasteiger partial charge on any atom is -0.370 e. The Hall–Kier alpha value is -2.25. The Balaban J connectivity index is 1.74. The molecule has 23 heavy (non-hydrogen) atoms. The Labute approximate surface area is 138 Å². The molecule has 4 rings (SSSR count). The van der Waals surface area contributed by atoms with Gasteiger partial charge < -0.3 is 9.30 Å². The standard InChI is InChI=1S/C16H17N5OS/c1-20-10-11(12-5-2-3-6-13(12)20)9-17-21-15(18-19-16(21)23)14-7-4-8-22-14/h2-3,5-6,9-10,14H,4,7-8H2,1H3,(H,19,23)/b17-9-. The van der Waals surface area contributed by atoms with E-state index < -0.39 is 0 Å². The normalized spacial score (nSPS) is 18.4. The predicted molar refractivity (Wildman–Crippen MR) is 91.2 cm³/mol. The molecule has 1 fully saturated rings. The number of hydrogen-bond donors (Lipinski definition) is 1. The highest BCUT2D eigenvalue weighted by Gasteiger charge is 2.23. The monoisotopic (exact) mass is 327 g/mol. The van der Waals surface area contributed by atoms with Crippen molar-refractivity contribution < 1.29 is 4.74 Å². The molecule has 1 saturated heterocycles. The van der Waals surface area contributed by atoms with Gasteiger partial charge in [-0.2, -0.15) is 14.9 Å². The number of para-hydroxylation sites is 1. The molecule has 2 aromatic heterocycles. The average molecular weight is 327 g/mol. The number of ether oxygens (including phenoxy) is 1. The summed E-state index contributed by atoms with van der Waals surface area (Å²) in [7, 11) is 2.03. The van der Waals surface area contributed by atoms with Crippen molar-refractivity contribution in [2.45, 2.75) is 18.9 Å².